The van der Waals surface area contributed by atoms with Crippen LogP contribution in [0.2, 0.25) is 0 Å². The number of hydrogen-bond donors (Lipinski definition) is 2. The van der Waals surface area contributed by atoms with Crippen LogP contribution in [0.4, 0.5) is 11.8 Å². The van der Waals surface area contributed by atoms with Gasteiger partial charge in [0, 0.05) is 31.7 Å². The molecule has 0 radical (unpaired) electrons. The number of hydrogen-bond acceptors (Lipinski definition) is 6. The number of likely N-dealkylation sites (N-methyl/N-ethyl adjacent to an activating group) is 1. The van der Waals surface area contributed by atoms with Gasteiger partial charge in [-0.1, -0.05) is 0 Å². The van der Waals surface area contributed by atoms with E-state index in [0.717, 1.165) is 36.5 Å². The first-order valence-corrected chi connectivity index (χ1v) is 7.52. The minimum atomic E-state index is 0.494. The first-order valence-electron chi connectivity index (χ1n) is 7.52. The van der Waals surface area contributed by atoms with E-state index < -0.39 is 0 Å². The summed E-state index contributed by atoms with van der Waals surface area (Å²) in [5.74, 6) is 1.62. The van der Waals surface area contributed by atoms with Crippen molar-refractivity contribution in [2.45, 2.75) is 32.9 Å². The summed E-state index contributed by atoms with van der Waals surface area (Å²) in [5, 5.41) is 11.2. The van der Waals surface area contributed by atoms with Crippen molar-refractivity contribution in [1.82, 2.24) is 25.1 Å². The molecule has 1 aliphatic heterocycles. The van der Waals surface area contributed by atoms with E-state index in [2.05, 4.69) is 51.2 Å². The molecule has 7 heteroatoms. The Morgan fingerprint density at radius 1 is 1.29 bits per heavy atom. The van der Waals surface area contributed by atoms with Gasteiger partial charge in [-0.15, -0.1) is 0 Å². The molecule has 0 spiro atoms. The third-order valence-electron chi connectivity index (χ3n) is 4.28. The minimum Gasteiger partial charge on any atom is -0.354 e. The maximum atomic E-state index is 4.71. The molecule has 1 aliphatic rings. The molecule has 2 atom stereocenters. The SMILES string of the molecule is CCNc1nc(N2CC(C)N(C)C(C)C2)c2cn[nH]c2n1. The van der Waals surface area contributed by atoms with E-state index in [9.17, 15) is 0 Å². The van der Waals surface area contributed by atoms with Gasteiger partial charge in [0.15, 0.2) is 5.65 Å². The Bertz CT molecular complexity index is 611. The largest absolute Gasteiger partial charge is 0.354 e. The smallest absolute Gasteiger partial charge is 0.226 e. The first-order chi connectivity index (χ1) is 10.1. The van der Waals surface area contributed by atoms with E-state index in [-0.39, 0.29) is 0 Å². The molecule has 0 aromatic carbocycles. The van der Waals surface area contributed by atoms with Crippen molar-refractivity contribution >= 4 is 22.8 Å². The molecular weight excluding hydrogens is 266 g/mol. The van der Waals surface area contributed by atoms with Gasteiger partial charge in [0.05, 0.1) is 11.6 Å². The summed E-state index contributed by atoms with van der Waals surface area (Å²) in [6.07, 6.45) is 1.81. The normalized spacial score (nSPS) is 23.7. The molecule has 0 amide bonds. The molecule has 114 valence electrons. The highest BCUT2D eigenvalue weighted by Crippen LogP contribution is 2.27. The summed E-state index contributed by atoms with van der Waals surface area (Å²) >= 11 is 0. The number of anilines is 2. The summed E-state index contributed by atoms with van der Waals surface area (Å²) in [6, 6.07) is 0.988. The fourth-order valence-electron chi connectivity index (χ4n) is 2.88. The monoisotopic (exact) mass is 289 g/mol. The van der Waals surface area contributed by atoms with E-state index in [4.69, 9.17) is 4.98 Å². The summed E-state index contributed by atoms with van der Waals surface area (Å²) in [5.41, 5.74) is 0.787. The van der Waals surface area contributed by atoms with Gasteiger partial charge in [-0.05, 0) is 27.8 Å². The lowest BCUT2D eigenvalue weighted by Gasteiger charge is -2.43. The Hall–Kier alpha value is -1.89. The van der Waals surface area contributed by atoms with Crippen molar-refractivity contribution in [3.8, 4) is 0 Å². The predicted octanol–water partition coefficient (Wildman–Crippen LogP) is 1.31. The van der Waals surface area contributed by atoms with E-state index in [1.807, 2.05) is 13.1 Å². The summed E-state index contributed by atoms with van der Waals surface area (Å²) in [6.45, 7) is 9.27. The van der Waals surface area contributed by atoms with Crippen LogP contribution in [0.25, 0.3) is 11.0 Å². The third-order valence-corrected chi connectivity index (χ3v) is 4.28. The molecule has 21 heavy (non-hydrogen) atoms. The second-order valence-electron chi connectivity index (χ2n) is 5.80. The fraction of sp³-hybridized carbons (Fsp3) is 0.643. The number of H-pyrrole nitrogens is 1. The number of aromatic nitrogens is 4. The van der Waals surface area contributed by atoms with Gasteiger partial charge >= 0.3 is 0 Å². The van der Waals surface area contributed by atoms with Crippen molar-refractivity contribution in [1.29, 1.82) is 0 Å². The second kappa shape index (κ2) is 5.48. The molecule has 1 fully saturated rings. The first kappa shape index (κ1) is 14.1. The second-order valence-corrected chi connectivity index (χ2v) is 5.80. The number of nitrogens with zero attached hydrogens (tertiary/aromatic N) is 5. The van der Waals surface area contributed by atoms with Gasteiger partial charge in [0.1, 0.15) is 5.82 Å². The highest BCUT2D eigenvalue weighted by molar-refractivity contribution is 5.87. The van der Waals surface area contributed by atoms with Gasteiger partial charge in [0.2, 0.25) is 5.95 Å². The Morgan fingerprint density at radius 2 is 2.00 bits per heavy atom. The summed E-state index contributed by atoms with van der Waals surface area (Å²) < 4.78 is 0. The van der Waals surface area contributed by atoms with Crippen molar-refractivity contribution in [3.05, 3.63) is 6.20 Å². The molecule has 2 aromatic rings. The van der Waals surface area contributed by atoms with Crippen LogP contribution in [0.3, 0.4) is 0 Å². The van der Waals surface area contributed by atoms with Gasteiger partial charge in [-0.3, -0.25) is 10.00 Å². The number of aromatic amines is 1. The standard InChI is InChI=1S/C14H23N7/c1-5-15-14-17-12-11(6-16-19-12)13(18-14)21-7-9(2)20(4)10(3)8-21/h6,9-10H,5,7-8H2,1-4H3,(H2,15,16,17,18,19). The molecule has 0 saturated carbocycles. The molecule has 7 nitrogen and oxygen atoms in total. The van der Waals surface area contributed by atoms with Crippen LogP contribution < -0.4 is 10.2 Å². The van der Waals surface area contributed by atoms with E-state index in [1.165, 1.54) is 0 Å². The van der Waals surface area contributed by atoms with Crippen molar-refractivity contribution in [2.24, 2.45) is 0 Å². The molecule has 3 heterocycles. The third kappa shape index (κ3) is 2.53. The van der Waals surface area contributed by atoms with Crippen LogP contribution >= 0.6 is 0 Å². The van der Waals surface area contributed by atoms with Crippen molar-refractivity contribution in [3.63, 3.8) is 0 Å². The topological polar surface area (TPSA) is 73.0 Å². The Morgan fingerprint density at radius 3 is 2.67 bits per heavy atom. The average Bonchev–Trinajstić information content (AvgIpc) is 2.92. The lowest BCUT2D eigenvalue weighted by molar-refractivity contribution is 0.170. The molecule has 3 rings (SSSR count). The van der Waals surface area contributed by atoms with Crippen LogP contribution in [0, 0.1) is 0 Å². The highest BCUT2D eigenvalue weighted by atomic mass is 15.3. The number of rotatable bonds is 3. The number of nitrogens with one attached hydrogen (secondary N) is 2. The lowest BCUT2D eigenvalue weighted by atomic mass is 10.1. The number of piperazine rings is 1. The van der Waals surface area contributed by atoms with Crippen LogP contribution in [0.1, 0.15) is 20.8 Å². The van der Waals surface area contributed by atoms with Gasteiger partial charge in [0.25, 0.3) is 0 Å². The maximum Gasteiger partial charge on any atom is 0.226 e. The molecule has 1 saturated heterocycles. The Kier molecular flexibility index (Phi) is 3.67. The predicted molar refractivity (Wildman–Crippen MR) is 84.7 cm³/mol. The van der Waals surface area contributed by atoms with E-state index >= 15 is 0 Å². The molecule has 2 unspecified atom stereocenters. The van der Waals surface area contributed by atoms with Crippen LogP contribution in [-0.2, 0) is 0 Å². The maximum absolute atomic E-state index is 4.71. The fourth-order valence-corrected chi connectivity index (χ4v) is 2.88. The van der Waals surface area contributed by atoms with E-state index in [1.54, 1.807) is 0 Å². The molecule has 0 bridgehead atoms. The molecule has 0 aliphatic carbocycles. The minimum absolute atomic E-state index is 0.494. The summed E-state index contributed by atoms with van der Waals surface area (Å²) in [4.78, 5) is 13.9. The van der Waals surface area contributed by atoms with Crippen LogP contribution in [0.15, 0.2) is 6.20 Å². The lowest BCUT2D eigenvalue weighted by Crippen LogP contribution is -2.55. The average molecular weight is 289 g/mol. The quantitative estimate of drug-likeness (QED) is 0.887. The number of fused-ring (bicyclic) bond motifs is 1. The van der Waals surface area contributed by atoms with Crippen LogP contribution in [0.5, 0.6) is 0 Å². The van der Waals surface area contributed by atoms with Crippen molar-refractivity contribution < 1.29 is 0 Å². The zero-order valence-corrected chi connectivity index (χ0v) is 13.1. The zero-order chi connectivity index (χ0) is 15.0. The van der Waals surface area contributed by atoms with Gasteiger partial charge in [-0.2, -0.15) is 15.1 Å². The molecular formula is C14H23N7. The van der Waals surface area contributed by atoms with Gasteiger partial charge in [-0.25, -0.2) is 0 Å². The van der Waals surface area contributed by atoms with Crippen molar-refractivity contribution in [2.75, 3.05) is 36.9 Å². The Labute approximate surface area is 124 Å². The van der Waals surface area contributed by atoms with E-state index in [0.29, 0.717) is 18.0 Å². The molecule has 2 aromatic heterocycles. The molecule has 2 N–H and O–H groups in total. The summed E-state index contributed by atoms with van der Waals surface area (Å²) in [7, 11) is 2.18. The zero-order valence-electron chi connectivity index (χ0n) is 13.1. The highest BCUT2D eigenvalue weighted by Gasteiger charge is 2.28. The van der Waals surface area contributed by atoms with Crippen LogP contribution in [-0.4, -0.2) is 63.8 Å². The Balaban J connectivity index is 2.00. The van der Waals surface area contributed by atoms with Gasteiger partial charge < -0.3 is 10.2 Å².